The Kier molecular flexibility index (Phi) is 5.08. The van der Waals surface area contributed by atoms with Crippen LogP contribution in [0.3, 0.4) is 0 Å². The van der Waals surface area contributed by atoms with Crippen LogP contribution in [0.2, 0.25) is 0 Å². The highest BCUT2D eigenvalue weighted by atomic mass is 16.1. The maximum atomic E-state index is 12.1. The zero-order valence-electron chi connectivity index (χ0n) is 13.6. The topological polar surface area (TPSA) is 54.0 Å². The smallest absolute Gasteiger partial charge is 0.220 e. The molecule has 0 atom stereocenters. The molecule has 1 aromatic heterocycles. The van der Waals surface area contributed by atoms with Crippen molar-refractivity contribution in [2.45, 2.75) is 65.0 Å². The molecule has 0 unspecified atom stereocenters. The van der Waals surface area contributed by atoms with Crippen LogP contribution in [-0.2, 0) is 24.3 Å². The highest BCUT2D eigenvalue weighted by molar-refractivity contribution is 5.75. The number of nitrogens with zero attached hydrogens (tertiary/aromatic N) is 1. The molecule has 1 saturated carbocycles. The first-order valence-electron chi connectivity index (χ1n) is 8.67. The van der Waals surface area contributed by atoms with Gasteiger partial charge in [-0.2, -0.15) is 0 Å². The van der Waals surface area contributed by atoms with E-state index in [1.54, 1.807) is 0 Å². The van der Waals surface area contributed by atoms with Gasteiger partial charge in [-0.1, -0.05) is 25.7 Å². The van der Waals surface area contributed by atoms with Gasteiger partial charge < -0.3 is 10.6 Å². The number of fused-ring (bicyclic) bond motifs is 1. The van der Waals surface area contributed by atoms with Gasteiger partial charge in [-0.25, -0.2) is 0 Å². The molecule has 3 rings (SSSR count). The van der Waals surface area contributed by atoms with Crippen LogP contribution in [0.15, 0.2) is 6.20 Å². The molecule has 120 valence electrons. The van der Waals surface area contributed by atoms with Crippen molar-refractivity contribution in [1.29, 1.82) is 0 Å². The van der Waals surface area contributed by atoms with Crippen molar-refractivity contribution in [3.8, 4) is 0 Å². The second-order valence-corrected chi connectivity index (χ2v) is 6.72. The van der Waals surface area contributed by atoms with Gasteiger partial charge in [0.25, 0.3) is 0 Å². The number of amides is 1. The zero-order chi connectivity index (χ0) is 15.4. The predicted molar refractivity (Wildman–Crippen MR) is 87.4 cm³/mol. The number of hydrogen-bond acceptors (Lipinski definition) is 3. The van der Waals surface area contributed by atoms with E-state index in [1.807, 2.05) is 13.1 Å². The van der Waals surface area contributed by atoms with E-state index < -0.39 is 0 Å². The van der Waals surface area contributed by atoms with E-state index in [1.165, 1.54) is 42.4 Å². The molecule has 1 aliphatic heterocycles. The zero-order valence-corrected chi connectivity index (χ0v) is 13.6. The van der Waals surface area contributed by atoms with Crippen LogP contribution in [-0.4, -0.2) is 17.4 Å². The number of rotatable bonds is 5. The Morgan fingerprint density at radius 1 is 1.41 bits per heavy atom. The van der Waals surface area contributed by atoms with Crippen molar-refractivity contribution in [3.05, 3.63) is 28.6 Å². The monoisotopic (exact) mass is 301 g/mol. The maximum absolute atomic E-state index is 12.1. The average Bonchev–Trinajstić information content (AvgIpc) is 3.05. The number of carbonyl (C=O) groups excluding carboxylic acids is 1. The fraction of sp³-hybridized carbons (Fsp3) is 0.667. The molecular formula is C18H27N3O. The molecule has 0 radical (unpaired) electrons. The van der Waals surface area contributed by atoms with Crippen molar-refractivity contribution in [2.75, 3.05) is 6.54 Å². The summed E-state index contributed by atoms with van der Waals surface area (Å²) in [5.41, 5.74) is 4.96. The second-order valence-electron chi connectivity index (χ2n) is 6.72. The molecule has 4 nitrogen and oxygen atoms in total. The summed E-state index contributed by atoms with van der Waals surface area (Å²) in [5.74, 6) is 0.975. The van der Waals surface area contributed by atoms with Crippen LogP contribution in [0.5, 0.6) is 0 Å². The summed E-state index contributed by atoms with van der Waals surface area (Å²) >= 11 is 0. The first kappa shape index (κ1) is 15.5. The predicted octanol–water partition coefficient (Wildman–Crippen LogP) is 2.62. The SMILES string of the molecule is Cc1ncc2c(c1CNC(=O)CCC1CCCC1)CCNC2. The summed E-state index contributed by atoms with van der Waals surface area (Å²) in [4.78, 5) is 16.6. The van der Waals surface area contributed by atoms with Gasteiger partial charge in [-0.3, -0.25) is 9.78 Å². The van der Waals surface area contributed by atoms with Gasteiger partial charge in [-0.05, 0) is 48.9 Å². The molecular weight excluding hydrogens is 274 g/mol. The number of nitrogens with one attached hydrogen (secondary N) is 2. The van der Waals surface area contributed by atoms with Gasteiger partial charge in [0.1, 0.15) is 0 Å². The summed E-state index contributed by atoms with van der Waals surface area (Å²) in [6.45, 7) is 4.58. The van der Waals surface area contributed by atoms with Crippen LogP contribution in [0.1, 0.15) is 60.9 Å². The standard InChI is InChI=1S/C18H27N3O/c1-13-17(16-8-9-19-10-15(16)11-20-13)12-21-18(22)7-6-14-4-2-3-5-14/h11,14,19H,2-10,12H2,1H3,(H,21,22). The normalized spacial score (nSPS) is 18.2. The maximum Gasteiger partial charge on any atom is 0.220 e. The van der Waals surface area contributed by atoms with E-state index in [0.29, 0.717) is 13.0 Å². The Hall–Kier alpha value is -1.42. The molecule has 2 aliphatic rings. The molecule has 4 heteroatoms. The molecule has 0 bridgehead atoms. The van der Waals surface area contributed by atoms with Crippen LogP contribution in [0.4, 0.5) is 0 Å². The minimum atomic E-state index is 0.192. The fourth-order valence-corrected chi connectivity index (χ4v) is 3.79. The summed E-state index contributed by atoms with van der Waals surface area (Å²) in [7, 11) is 0. The lowest BCUT2D eigenvalue weighted by Gasteiger charge is -2.21. The fourth-order valence-electron chi connectivity index (χ4n) is 3.79. The van der Waals surface area contributed by atoms with Crippen molar-refractivity contribution < 1.29 is 4.79 Å². The largest absolute Gasteiger partial charge is 0.352 e. The highest BCUT2D eigenvalue weighted by Crippen LogP contribution is 2.28. The molecule has 22 heavy (non-hydrogen) atoms. The van der Waals surface area contributed by atoms with Crippen LogP contribution < -0.4 is 10.6 Å². The Labute approximate surface area is 133 Å². The lowest BCUT2D eigenvalue weighted by Crippen LogP contribution is -2.28. The molecule has 1 amide bonds. The van der Waals surface area contributed by atoms with Crippen LogP contribution in [0, 0.1) is 12.8 Å². The van der Waals surface area contributed by atoms with E-state index >= 15 is 0 Å². The molecule has 1 aliphatic carbocycles. The molecule has 1 aromatic rings. The van der Waals surface area contributed by atoms with Gasteiger partial charge in [0.15, 0.2) is 0 Å². The minimum absolute atomic E-state index is 0.192. The molecule has 1 fully saturated rings. The molecule has 0 spiro atoms. The first-order valence-corrected chi connectivity index (χ1v) is 8.67. The number of pyridine rings is 1. The third-order valence-corrected chi connectivity index (χ3v) is 5.19. The quantitative estimate of drug-likeness (QED) is 0.879. The average molecular weight is 301 g/mol. The van der Waals surface area contributed by atoms with Crippen molar-refractivity contribution in [1.82, 2.24) is 15.6 Å². The van der Waals surface area contributed by atoms with E-state index in [-0.39, 0.29) is 5.91 Å². The molecule has 0 aromatic carbocycles. The number of aromatic nitrogens is 1. The Bertz CT molecular complexity index is 535. The summed E-state index contributed by atoms with van der Waals surface area (Å²) in [5, 5.41) is 6.49. The summed E-state index contributed by atoms with van der Waals surface area (Å²) in [6, 6.07) is 0. The number of aryl methyl sites for hydroxylation is 1. The lowest BCUT2D eigenvalue weighted by molar-refractivity contribution is -0.121. The van der Waals surface area contributed by atoms with Crippen molar-refractivity contribution in [2.24, 2.45) is 5.92 Å². The Morgan fingerprint density at radius 2 is 2.23 bits per heavy atom. The number of hydrogen-bond donors (Lipinski definition) is 2. The van der Waals surface area contributed by atoms with Crippen molar-refractivity contribution >= 4 is 5.91 Å². The minimum Gasteiger partial charge on any atom is -0.352 e. The van der Waals surface area contributed by atoms with E-state index in [2.05, 4.69) is 15.6 Å². The number of carbonyl (C=O) groups is 1. The van der Waals surface area contributed by atoms with Gasteiger partial charge in [0.05, 0.1) is 0 Å². The van der Waals surface area contributed by atoms with Crippen LogP contribution in [0.25, 0.3) is 0 Å². The van der Waals surface area contributed by atoms with Gasteiger partial charge >= 0.3 is 0 Å². The lowest BCUT2D eigenvalue weighted by atomic mass is 9.96. The molecule has 2 N–H and O–H groups in total. The van der Waals surface area contributed by atoms with E-state index in [0.717, 1.165) is 37.5 Å². The Balaban J connectivity index is 1.55. The molecule has 2 heterocycles. The van der Waals surface area contributed by atoms with Gasteiger partial charge in [0, 0.05) is 31.4 Å². The van der Waals surface area contributed by atoms with Gasteiger partial charge in [-0.15, -0.1) is 0 Å². The third-order valence-electron chi connectivity index (χ3n) is 5.19. The third kappa shape index (κ3) is 3.67. The molecule has 0 saturated heterocycles. The Morgan fingerprint density at radius 3 is 3.05 bits per heavy atom. The van der Waals surface area contributed by atoms with Crippen molar-refractivity contribution in [3.63, 3.8) is 0 Å². The summed E-state index contributed by atoms with van der Waals surface area (Å²) < 4.78 is 0. The van der Waals surface area contributed by atoms with Gasteiger partial charge in [0.2, 0.25) is 5.91 Å². The second kappa shape index (κ2) is 7.23. The highest BCUT2D eigenvalue weighted by Gasteiger charge is 2.18. The summed E-state index contributed by atoms with van der Waals surface area (Å²) in [6.07, 6.45) is 10.1. The van der Waals surface area contributed by atoms with E-state index in [4.69, 9.17) is 0 Å². The van der Waals surface area contributed by atoms with E-state index in [9.17, 15) is 4.79 Å². The first-order chi connectivity index (χ1) is 10.7. The van der Waals surface area contributed by atoms with Crippen LogP contribution >= 0.6 is 0 Å².